The average Bonchev–Trinajstić information content (AvgIpc) is 2.68. The van der Waals surface area contributed by atoms with Crippen molar-refractivity contribution in [3.8, 4) is 0 Å². The lowest BCUT2D eigenvalue weighted by atomic mass is 10.0. The topological polar surface area (TPSA) is 29.9 Å². The Bertz CT molecular complexity index is 640. The van der Waals surface area contributed by atoms with Gasteiger partial charge in [0.05, 0.1) is 21.4 Å². The second-order valence-electron chi connectivity index (χ2n) is 4.93. The first-order valence-corrected chi connectivity index (χ1v) is 7.56. The van der Waals surface area contributed by atoms with Crippen molar-refractivity contribution < 1.29 is 4.39 Å². The molecule has 0 saturated carbocycles. The average molecular weight is 330 g/mol. The van der Waals surface area contributed by atoms with Gasteiger partial charge in [0, 0.05) is 19.5 Å². The third-order valence-electron chi connectivity index (χ3n) is 3.47. The van der Waals surface area contributed by atoms with Crippen molar-refractivity contribution in [1.82, 2.24) is 15.1 Å². The van der Waals surface area contributed by atoms with Gasteiger partial charge in [-0.2, -0.15) is 5.10 Å². The fourth-order valence-electron chi connectivity index (χ4n) is 2.42. The highest BCUT2D eigenvalue weighted by Crippen LogP contribution is 2.30. The first kappa shape index (κ1) is 16.3. The van der Waals surface area contributed by atoms with Gasteiger partial charge in [-0.25, -0.2) is 4.39 Å². The van der Waals surface area contributed by atoms with Gasteiger partial charge in [-0.15, -0.1) is 0 Å². The van der Waals surface area contributed by atoms with Crippen LogP contribution < -0.4 is 5.32 Å². The van der Waals surface area contributed by atoms with Crippen LogP contribution in [0.3, 0.4) is 0 Å². The van der Waals surface area contributed by atoms with Crippen molar-refractivity contribution >= 4 is 23.2 Å². The van der Waals surface area contributed by atoms with Crippen LogP contribution in [0.4, 0.5) is 4.39 Å². The molecule has 1 atom stereocenters. The number of hydrogen-bond donors (Lipinski definition) is 1. The molecule has 0 aliphatic carbocycles. The number of halogens is 3. The van der Waals surface area contributed by atoms with Crippen LogP contribution in [0.1, 0.15) is 29.9 Å². The van der Waals surface area contributed by atoms with Gasteiger partial charge in [-0.05, 0) is 25.1 Å². The molecule has 0 amide bonds. The molecule has 0 saturated heterocycles. The van der Waals surface area contributed by atoms with E-state index in [1.165, 1.54) is 6.07 Å². The van der Waals surface area contributed by atoms with Crippen LogP contribution in [0.5, 0.6) is 0 Å². The standard InChI is InChI=1S/C15H18Cl2FN3/c1-4-19-12(10-6-5-7-11(18)15(10)17)8-13-14(16)9(2)20-21(13)3/h5-7,12,19H,4,8H2,1-3H3. The van der Waals surface area contributed by atoms with E-state index in [1.807, 2.05) is 27.0 Å². The summed E-state index contributed by atoms with van der Waals surface area (Å²) >= 11 is 12.4. The van der Waals surface area contributed by atoms with E-state index < -0.39 is 5.82 Å². The van der Waals surface area contributed by atoms with Crippen molar-refractivity contribution in [2.45, 2.75) is 26.3 Å². The number of nitrogens with zero attached hydrogens (tertiary/aromatic N) is 2. The minimum atomic E-state index is -0.413. The van der Waals surface area contributed by atoms with Crippen LogP contribution in [0.2, 0.25) is 10.0 Å². The van der Waals surface area contributed by atoms with Gasteiger partial charge in [0.1, 0.15) is 5.82 Å². The van der Waals surface area contributed by atoms with Crippen LogP contribution >= 0.6 is 23.2 Å². The smallest absolute Gasteiger partial charge is 0.142 e. The third kappa shape index (κ3) is 3.39. The molecule has 6 heteroatoms. The number of rotatable bonds is 5. The Morgan fingerprint density at radius 1 is 1.33 bits per heavy atom. The minimum Gasteiger partial charge on any atom is -0.310 e. The zero-order valence-electron chi connectivity index (χ0n) is 12.3. The Morgan fingerprint density at radius 2 is 2.05 bits per heavy atom. The fraction of sp³-hybridized carbons (Fsp3) is 0.400. The van der Waals surface area contributed by atoms with E-state index in [1.54, 1.807) is 10.7 Å². The molecule has 1 aromatic carbocycles. The summed E-state index contributed by atoms with van der Waals surface area (Å²) in [5.41, 5.74) is 2.42. The molecule has 0 fully saturated rings. The highest BCUT2D eigenvalue weighted by atomic mass is 35.5. The molecular formula is C15H18Cl2FN3. The molecule has 1 aromatic heterocycles. The van der Waals surface area contributed by atoms with Crippen molar-refractivity contribution in [3.63, 3.8) is 0 Å². The maximum Gasteiger partial charge on any atom is 0.142 e. The molecule has 2 aromatic rings. The van der Waals surface area contributed by atoms with Gasteiger partial charge < -0.3 is 5.32 Å². The Balaban J connectivity index is 2.38. The van der Waals surface area contributed by atoms with Crippen molar-refractivity contribution in [1.29, 1.82) is 0 Å². The summed E-state index contributed by atoms with van der Waals surface area (Å²) in [6.07, 6.45) is 0.590. The van der Waals surface area contributed by atoms with Crippen LogP contribution in [-0.4, -0.2) is 16.3 Å². The van der Waals surface area contributed by atoms with Gasteiger partial charge in [0.15, 0.2) is 0 Å². The summed E-state index contributed by atoms with van der Waals surface area (Å²) in [5.74, 6) is -0.413. The summed E-state index contributed by atoms with van der Waals surface area (Å²) in [6, 6.07) is 4.73. The lowest BCUT2D eigenvalue weighted by Crippen LogP contribution is -2.24. The maximum absolute atomic E-state index is 13.7. The molecule has 0 bridgehead atoms. The molecule has 0 aliphatic rings. The SMILES string of the molecule is CCNC(Cc1c(Cl)c(C)nn1C)c1cccc(F)c1Cl. The highest BCUT2D eigenvalue weighted by molar-refractivity contribution is 6.32. The summed E-state index contributed by atoms with van der Waals surface area (Å²) in [7, 11) is 1.85. The van der Waals surface area contributed by atoms with Crippen molar-refractivity contribution in [2.75, 3.05) is 6.54 Å². The molecule has 0 radical (unpaired) electrons. The van der Waals surface area contributed by atoms with E-state index in [9.17, 15) is 4.39 Å². The lowest BCUT2D eigenvalue weighted by molar-refractivity contribution is 0.524. The van der Waals surface area contributed by atoms with Crippen molar-refractivity contribution in [2.24, 2.45) is 7.05 Å². The number of aromatic nitrogens is 2. The monoisotopic (exact) mass is 329 g/mol. The van der Waals surface area contributed by atoms with Gasteiger partial charge in [0.25, 0.3) is 0 Å². The molecule has 1 N–H and O–H groups in total. The van der Waals surface area contributed by atoms with E-state index in [0.29, 0.717) is 11.4 Å². The van der Waals surface area contributed by atoms with Gasteiger partial charge in [-0.1, -0.05) is 42.3 Å². The summed E-state index contributed by atoms with van der Waals surface area (Å²) in [6.45, 7) is 4.60. The Labute approximate surface area is 134 Å². The Kier molecular flexibility index (Phi) is 5.25. The summed E-state index contributed by atoms with van der Waals surface area (Å²) in [4.78, 5) is 0. The van der Waals surface area contributed by atoms with Gasteiger partial charge in [-0.3, -0.25) is 4.68 Å². The summed E-state index contributed by atoms with van der Waals surface area (Å²) < 4.78 is 15.4. The van der Waals surface area contributed by atoms with Crippen LogP contribution in [0.25, 0.3) is 0 Å². The lowest BCUT2D eigenvalue weighted by Gasteiger charge is -2.20. The number of nitrogens with one attached hydrogen (secondary N) is 1. The molecule has 0 spiro atoms. The number of hydrogen-bond acceptors (Lipinski definition) is 2. The molecule has 0 aliphatic heterocycles. The highest BCUT2D eigenvalue weighted by Gasteiger charge is 2.21. The predicted octanol–water partition coefficient (Wildman–Crippen LogP) is 4.07. The van der Waals surface area contributed by atoms with E-state index in [0.717, 1.165) is 23.5 Å². The van der Waals surface area contributed by atoms with E-state index in [4.69, 9.17) is 23.2 Å². The number of likely N-dealkylation sites (N-methyl/N-ethyl adjacent to an activating group) is 1. The molecule has 21 heavy (non-hydrogen) atoms. The summed E-state index contributed by atoms with van der Waals surface area (Å²) in [5, 5.41) is 8.43. The van der Waals surface area contributed by atoms with E-state index >= 15 is 0 Å². The maximum atomic E-state index is 13.7. The molecular weight excluding hydrogens is 312 g/mol. The van der Waals surface area contributed by atoms with E-state index in [2.05, 4.69) is 10.4 Å². The molecule has 1 heterocycles. The molecule has 1 unspecified atom stereocenters. The Morgan fingerprint density at radius 3 is 2.62 bits per heavy atom. The second kappa shape index (κ2) is 6.77. The van der Waals surface area contributed by atoms with Crippen molar-refractivity contribution in [3.05, 3.63) is 51.0 Å². The normalized spacial score (nSPS) is 12.7. The van der Waals surface area contributed by atoms with Gasteiger partial charge in [0.2, 0.25) is 0 Å². The molecule has 114 valence electrons. The zero-order valence-corrected chi connectivity index (χ0v) is 13.8. The predicted molar refractivity (Wildman–Crippen MR) is 84.5 cm³/mol. The van der Waals surface area contributed by atoms with Crippen LogP contribution in [-0.2, 0) is 13.5 Å². The fourth-order valence-corrected chi connectivity index (χ4v) is 2.92. The largest absolute Gasteiger partial charge is 0.310 e. The first-order valence-electron chi connectivity index (χ1n) is 6.81. The number of benzene rings is 1. The minimum absolute atomic E-state index is 0.120. The van der Waals surface area contributed by atoms with Gasteiger partial charge >= 0.3 is 0 Å². The quantitative estimate of drug-likeness (QED) is 0.896. The van der Waals surface area contributed by atoms with E-state index in [-0.39, 0.29) is 11.1 Å². The molecule has 2 rings (SSSR count). The molecule has 3 nitrogen and oxygen atoms in total. The first-order chi connectivity index (χ1) is 9.95. The van der Waals surface area contributed by atoms with Crippen LogP contribution in [0.15, 0.2) is 18.2 Å². The number of aryl methyl sites for hydroxylation is 2. The Hall–Kier alpha value is -1.10. The second-order valence-corrected chi connectivity index (χ2v) is 5.68. The van der Waals surface area contributed by atoms with Crippen LogP contribution in [0, 0.1) is 12.7 Å². The third-order valence-corrected chi connectivity index (χ3v) is 4.36. The zero-order chi connectivity index (χ0) is 15.6.